The molecule has 0 atom stereocenters. The van der Waals surface area contributed by atoms with Crippen LogP contribution in [0.1, 0.15) is 19.4 Å². The Morgan fingerprint density at radius 2 is 2.05 bits per heavy atom. The molecule has 1 heterocycles. The second-order valence-electron chi connectivity index (χ2n) is 4.06. The molecule has 0 fully saturated rings. The number of alkyl halides is 3. The van der Waals surface area contributed by atoms with Crippen molar-refractivity contribution in [3.8, 4) is 0 Å². The van der Waals surface area contributed by atoms with Crippen molar-refractivity contribution in [1.82, 2.24) is 10.3 Å². The number of rotatable bonds is 6. The fraction of sp³-hybridized carbons (Fsp3) is 0.583. The van der Waals surface area contributed by atoms with Gasteiger partial charge in [0.1, 0.15) is 12.4 Å². The van der Waals surface area contributed by atoms with E-state index in [0.717, 1.165) is 17.0 Å². The Bertz CT molecular complexity index is 410. The van der Waals surface area contributed by atoms with E-state index in [1.165, 1.54) is 0 Å². The van der Waals surface area contributed by atoms with Crippen LogP contribution in [0.4, 0.5) is 19.0 Å². The molecule has 0 spiro atoms. The van der Waals surface area contributed by atoms with Crippen molar-refractivity contribution in [3.63, 3.8) is 0 Å². The number of aromatic nitrogens is 1. The van der Waals surface area contributed by atoms with Crippen molar-refractivity contribution < 1.29 is 13.2 Å². The molecule has 1 N–H and O–H groups in total. The average Bonchev–Trinajstić information content (AvgIpc) is 2.33. The molecule has 0 aliphatic heterocycles. The summed E-state index contributed by atoms with van der Waals surface area (Å²) in [6.07, 6.45) is -2.73. The van der Waals surface area contributed by atoms with E-state index in [1.807, 2.05) is 6.92 Å². The SMILES string of the molecule is CCNCc1cnc(N(CC)CC(F)(F)F)c(Cl)c1. The summed E-state index contributed by atoms with van der Waals surface area (Å²) in [6, 6.07) is 1.64. The maximum absolute atomic E-state index is 12.4. The van der Waals surface area contributed by atoms with Crippen LogP contribution < -0.4 is 10.2 Å². The zero-order valence-electron chi connectivity index (χ0n) is 10.9. The van der Waals surface area contributed by atoms with Crippen molar-refractivity contribution >= 4 is 17.4 Å². The summed E-state index contributed by atoms with van der Waals surface area (Å²) in [7, 11) is 0. The molecule has 1 aromatic heterocycles. The highest BCUT2D eigenvalue weighted by molar-refractivity contribution is 6.33. The lowest BCUT2D eigenvalue weighted by Gasteiger charge is -2.24. The number of nitrogens with one attached hydrogen (secondary N) is 1. The number of halogens is 4. The standard InChI is InChI=1S/C12H17ClF3N3/c1-3-17-6-9-5-10(13)11(18-7-9)19(4-2)8-12(14,15)16/h5,7,17H,3-4,6,8H2,1-2H3. The maximum atomic E-state index is 12.4. The molecule has 0 saturated carbocycles. The highest BCUT2D eigenvalue weighted by Gasteiger charge is 2.31. The van der Waals surface area contributed by atoms with Crippen molar-refractivity contribution in [1.29, 1.82) is 0 Å². The summed E-state index contributed by atoms with van der Waals surface area (Å²) in [5.41, 5.74) is 0.846. The molecule has 108 valence electrons. The van der Waals surface area contributed by atoms with Gasteiger partial charge in [0.15, 0.2) is 0 Å². The summed E-state index contributed by atoms with van der Waals surface area (Å²) < 4.78 is 37.3. The van der Waals surface area contributed by atoms with Crippen LogP contribution >= 0.6 is 11.6 Å². The van der Waals surface area contributed by atoms with Gasteiger partial charge in [-0.05, 0) is 25.1 Å². The van der Waals surface area contributed by atoms with Gasteiger partial charge in [-0.2, -0.15) is 13.2 Å². The minimum Gasteiger partial charge on any atom is -0.347 e. The van der Waals surface area contributed by atoms with Gasteiger partial charge >= 0.3 is 6.18 Å². The molecule has 0 aliphatic rings. The topological polar surface area (TPSA) is 28.2 Å². The number of pyridine rings is 1. The third-order valence-electron chi connectivity index (χ3n) is 2.51. The smallest absolute Gasteiger partial charge is 0.347 e. The van der Waals surface area contributed by atoms with Gasteiger partial charge in [0, 0.05) is 19.3 Å². The van der Waals surface area contributed by atoms with Crippen LogP contribution in [0.5, 0.6) is 0 Å². The molecule has 19 heavy (non-hydrogen) atoms. The van der Waals surface area contributed by atoms with Gasteiger partial charge in [-0.15, -0.1) is 0 Å². The van der Waals surface area contributed by atoms with E-state index in [4.69, 9.17) is 11.6 Å². The maximum Gasteiger partial charge on any atom is 0.405 e. The zero-order valence-corrected chi connectivity index (χ0v) is 11.6. The van der Waals surface area contributed by atoms with Gasteiger partial charge in [0.2, 0.25) is 0 Å². The number of nitrogens with zero attached hydrogens (tertiary/aromatic N) is 2. The molecule has 1 rings (SSSR count). The van der Waals surface area contributed by atoms with E-state index in [-0.39, 0.29) is 17.4 Å². The van der Waals surface area contributed by atoms with Crippen molar-refractivity contribution in [3.05, 3.63) is 22.8 Å². The Morgan fingerprint density at radius 1 is 1.37 bits per heavy atom. The van der Waals surface area contributed by atoms with Gasteiger partial charge in [-0.25, -0.2) is 4.98 Å². The van der Waals surface area contributed by atoms with Gasteiger partial charge in [0.25, 0.3) is 0 Å². The van der Waals surface area contributed by atoms with Crippen LogP contribution in [0.2, 0.25) is 5.02 Å². The number of hydrogen-bond acceptors (Lipinski definition) is 3. The lowest BCUT2D eigenvalue weighted by molar-refractivity contribution is -0.119. The van der Waals surface area contributed by atoms with E-state index in [0.29, 0.717) is 6.54 Å². The van der Waals surface area contributed by atoms with Crippen LogP contribution in [0.3, 0.4) is 0 Å². The summed E-state index contributed by atoms with van der Waals surface area (Å²) in [5, 5.41) is 3.34. The fourth-order valence-electron chi connectivity index (χ4n) is 1.62. The predicted molar refractivity (Wildman–Crippen MR) is 70.6 cm³/mol. The third kappa shape index (κ3) is 5.24. The van der Waals surface area contributed by atoms with Crippen molar-refractivity contribution in [2.45, 2.75) is 26.6 Å². The summed E-state index contributed by atoms with van der Waals surface area (Å²) in [5.74, 6) is 0.168. The molecule has 0 bridgehead atoms. The molecule has 0 aromatic carbocycles. The van der Waals surface area contributed by atoms with Crippen molar-refractivity contribution in [2.75, 3.05) is 24.5 Å². The van der Waals surface area contributed by atoms with Gasteiger partial charge in [-0.3, -0.25) is 0 Å². The molecule has 1 aromatic rings. The van der Waals surface area contributed by atoms with Gasteiger partial charge < -0.3 is 10.2 Å². The summed E-state index contributed by atoms with van der Waals surface area (Å²) in [4.78, 5) is 5.15. The van der Waals surface area contributed by atoms with E-state index < -0.39 is 12.7 Å². The zero-order chi connectivity index (χ0) is 14.5. The minimum atomic E-state index is -4.27. The molecular weight excluding hydrogens is 279 g/mol. The second-order valence-corrected chi connectivity index (χ2v) is 4.47. The van der Waals surface area contributed by atoms with Gasteiger partial charge in [0.05, 0.1) is 5.02 Å². The first kappa shape index (κ1) is 16.0. The number of hydrogen-bond donors (Lipinski definition) is 1. The minimum absolute atomic E-state index is 0.168. The summed E-state index contributed by atoms with van der Waals surface area (Å²) in [6.45, 7) is 4.13. The Balaban J connectivity index is 2.87. The molecule has 0 radical (unpaired) electrons. The molecule has 7 heteroatoms. The van der Waals surface area contributed by atoms with Crippen molar-refractivity contribution in [2.24, 2.45) is 0 Å². The normalized spacial score (nSPS) is 11.7. The Morgan fingerprint density at radius 3 is 2.53 bits per heavy atom. The quantitative estimate of drug-likeness (QED) is 0.873. The fourth-order valence-corrected chi connectivity index (χ4v) is 1.93. The van der Waals surface area contributed by atoms with Crippen LogP contribution in [0, 0.1) is 0 Å². The van der Waals surface area contributed by atoms with Crippen LogP contribution in [-0.4, -0.2) is 30.8 Å². The molecule has 0 unspecified atom stereocenters. The lowest BCUT2D eigenvalue weighted by atomic mass is 10.2. The molecular formula is C12H17ClF3N3. The number of anilines is 1. The van der Waals surface area contributed by atoms with Gasteiger partial charge in [-0.1, -0.05) is 18.5 Å². The molecule has 0 aliphatic carbocycles. The van der Waals surface area contributed by atoms with Crippen LogP contribution in [0.15, 0.2) is 12.3 Å². The van der Waals surface area contributed by atoms with E-state index in [2.05, 4.69) is 10.3 Å². The average molecular weight is 296 g/mol. The summed E-state index contributed by atoms with van der Waals surface area (Å²) >= 11 is 6.01. The van der Waals surface area contributed by atoms with Crippen LogP contribution in [0.25, 0.3) is 0 Å². The largest absolute Gasteiger partial charge is 0.405 e. The van der Waals surface area contributed by atoms with E-state index >= 15 is 0 Å². The highest BCUT2D eigenvalue weighted by atomic mass is 35.5. The first-order valence-electron chi connectivity index (χ1n) is 6.04. The highest BCUT2D eigenvalue weighted by Crippen LogP contribution is 2.27. The first-order chi connectivity index (χ1) is 8.87. The Kier molecular flexibility index (Phi) is 5.87. The molecule has 0 saturated heterocycles. The first-order valence-corrected chi connectivity index (χ1v) is 6.42. The second kappa shape index (κ2) is 6.96. The van der Waals surface area contributed by atoms with E-state index in [1.54, 1.807) is 19.2 Å². The Labute approximate surface area is 115 Å². The Hall–Kier alpha value is -1.01. The monoisotopic (exact) mass is 295 g/mol. The third-order valence-corrected chi connectivity index (χ3v) is 2.79. The van der Waals surface area contributed by atoms with Crippen LogP contribution in [-0.2, 0) is 6.54 Å². The molecule has 3 nitrogen and oxygen atoms in total. The molecule has 0 amide bonds. The lowest BCUT2D eigenvalue weighted by Crippen LogP contribution is -2.34. The van der Waals surface area contributed by atoms with E-state index in [9.17, 15) is 13.2 Å². The predicted octanol–water partition coefficient (Wildman–Crippen LogP) is 3.23.